The summed E-state index contributed by atoms with van der Waals surface area (Å²) in [5.41, 5.74) is 5.98. The number of para-hydroxylation sites is 1. The van der Waals surface area contributed by atoms with Gasteiger partial charge in [-0.1, -0.05) is 19.1 Å². The summed E-state index contributed by atoms with van der Waals surface area (Å²) in [6.07, 6.45) is 0. The van der Waals surface area contributed by atoms with Crippen molar-refractivity contribution in [2.45, 2.75) is 20.4 Å². The largest absolute Gasteiger partial charge is 0.335 e. The molecule has 120 valence electrons. The molecular formula is C15H21ClN4O2. The number of benzene rings is 1. The lowest BCUT2D eigenvalue weighted by atomic mass is 10.1. The van der Waals surface area contributed by atoms with Crippen LogP contribution in [0.4, 0.5) is 0 Å². The molecule has 6 nitrogen and oxygen atoms in total. The highest BCUT2D eigenvalue weighted by Crippen LogP contribution is 2.09. The highest BCUT2D eigenvalue weighted by molar-refractivity contribution is 5.85. The number of halogens is 1. The molecule has 0 saturated heterocycles. The van der Waals surface area contributed by atoms with Crippen molar-refractivity contribution in [1.82, 2.24) is 14.9 Å². The summed E-state index contributed by atoms with van der Waals surface area (Å²) in [6.45, 7) is 4.80. The number of H-pyrrole nitrogens is 1. The van der Waals surface area contributed by atoms with E-state index >= 15 is 0 Å². The second-order valence-electron chi connectivity index (χ2n) is 5.02. The molecule has 0 saturated carbocycles. The molecule has 7 heteroatoms. The van der Waals surface area contributed by atoms with Crippen LogP contribution in [0.1, 0.15) is 19.7 Å². The number of nitrogens with two attached hydrogens (primary N) is 1. The lowest BCUT2D eigenvalue weighted by Crippen LogP contribution is -2.38. The number of carbonyl (C=O) groups excluding carboxylic acids is 1. The Labute approximate surface area is 135 Å². The standard InChI is InChI=1S/C15H20N4O2.ClH/c1-3-19(15(21)10(2)8-16)9-13-17-12-7-5-4-6-11(12)14(20)18-13;/h4-7,10H,3,8-9,16H2,1-2H3,(H,17,18,20);1H. The van der Waals surface area contributed by atoms with Gasteiger partial charge in [0.25, 0.3) is 5.56 Å². The molecule has 0 radical (unpaired) electrons. The Morgan fingerprint density at radius 3 is 2.73 bits per heavy atom. The Hall–Kier alpha value is -1.92. The van der Waals surface area contributed by atoms with Crippen LogP contribution in [0.3, 0.4) is 0 Å². The van der Waals surface area contributed by atoms with Gasteiger partial charge in [0.05, 0.1) is 17.4 Å². The maximum Gasteiger partial charge on any atom is 0.258 e. The molecule has 2 aromatic rings. The van der Waals surface area contributed by atoms with Gasteiger partial charge in [-0.3, -0.25) is 9.59 Å². The maximum absolute atomic E-state index is 12.2. The van der Waals surface area contributed by atoms with Gasteiger partial charge in [0, 0.05) is 19.0 Å². The molecule has 0 aliphatic carbocycles. The van der Waals surface area contributed by atoms with Gasteiger partial charge in [0.2, 0.25) is 5.91 Å². The van der Waals surface area contributed by atoms with Crippen molar-refractivity contribution in [2.75, 3.05) is 13.1 Å². The van der Waals surface area contributed by atoms with Gasteiger partial charge in [-0.05, 0) is 19.1 Å². The number of aromatic nitrogens is 2. The topological polar surface area (TPSA) is 92.1 Å². The molecule has 1 heterocycles. The molecule has 1 atom stereocenters. The Morgan fingerprint density at radius 1 is 1.41 bits per heavy atom. The SMILES string of the molecule is CCN(Cc1nc2ccccc2c(=O)[nH]1)C(=O)C(C)CN.Cl. The molecule has 0 aliphatic rings. The van der Waals surface area contributed by atoms with E-state index in [0.717, 1.165) is 0 Å². The molecule has 22 heavy (non-hydrogen) atoms. The maximum atomic E-state index is 12.2. The molecule has 1 aromatic carbocycles. The van der Waals surface area contributed by atoms with Crippen molar-refractivity contribution in [3.05, 3.63) is 40.4 Å². The predicted octanol–water partition coefficient (Wildman–Crippen LogP) is 1.29. The Balaban J connectivity index is 0.00000242. The van der Waals surface area contributed by atoms with Crippen LogP contribution in [-0.4, -0.2) is 33.9 Å². The molecular weight excluding hydrogens is 304 g/mol. The van der Waals surface area contributed by atoms with E-state index in [2.05, 4.69) is 9.97 Å². The minimum atomic E-state index is -0.239. The van der Waals surface area contributed by atoms with Crippen LogP contribution >= 0.6 is 12.4 Å². The zero-order chi connectivity index (χ0) is 15.4. The first-order valence-electron chi connectivity index (χ1n) is 7.03. The van der Waals surface area contributed by atoms with E-state index in [4.69, 9.17) is 5.73 Å². The van der Waals surface area contributed by atoms with Crippen LogP contribution in [0, 0.1) is 5.92 Å². The number of rotatable bonds is 5. The lowest BCUT2D eigenvalue weighted by molar-refractivity contribution is -0.135. The Kier molecular flexibility index (Phi) is 6.52. The highest BCUT2D eigenvalue weighted by Gasteiger charge is 2.19. The second-order valence-corrected chi connectivity index (χ2v) is 5.02. The normalized spacial score (nSPS) is 11.8. The average molecular weight is 325 g/mol. The fraction of sp³-hybridized carbons (Fsp3) is 0.400. The summed E-state index contributed by atoms with van der Waals surface area (Å²) < 4.78 is 0. The average Bonchev–Trinajstić information content (AvgIpc) is 2.51. The van der Waals surface area contributed by atoms with Gasteiger partial charge in [-0.2, -0.15) is 0 Å². The number of fused-ring (bicyclic) bond motifs is 1. The van der Waals surface area contributed by atoms with E-state index in [1.54, 1.807) is 30.0 Å². The summed E-state index contributed by atoms with van der Waals surface area (Å²) in [4.78, 5) is 33.0. The van der Waals surface area contributed by atoms with E-state index in [0.29, 0.717) is 29.8 Å². The fourth-order valence-corrected chi connectivity index (χ4v) is 2.15. The molecule has 1 unspecified atom stereocenters. The van der Waals surface area contributed by atoms with Crippen LogP contribution in [0.2, 0.25) is 0 Å². The number of nitrogens with one attached hydrogen (secondary N) is 1. The number of carbonyl (C=O) groups is 1. The minimum Gasteiger partial charge on any atom is -0.335 e. The predicted molar refractivity (Wildman–Crippen MR) is 88.9 cm³/mol. The number of nitrogens with zero attached hydrogens (tertiary/aromatic N) is 2. The van der Waals surface area contributed by atoms with Gasteiger partial charge in [-0.25, -0.2) is 4.98 Å². The van der Waals surface area contributed by atoms with Crippen LogP contribution in [0.5, 0.6) is 0 Å². The van der Waals surface area contributed by atoms with Gasteiger partial charge in [-0.15, -0.1) is 12.4 Å². The lowest BCUT2D eigenvalue weighted by Gasteiger charge is -2.23. The number of hydrogen-bond donors (Lipinski definition) is 2. The first kappa shape index (κ1) is 18.1. The summed E-state index contributed by atoms with van der Waals surface area (Å²) in [5.74, 6) is 0.214. The van der Waals surface area contributed by atoms with Gasteiger partial charge < -0.3 is 15.6 Å². The molecule has 0 bridgehead atoms. The summed E-state index contributed by atoms with van der Waals surface area (Å²) in [7, 11) is 0. The minimum absolute atomic E-state index is 0. The number of amides is 1. The van der Waals surface area contributed by atoms with Crippen molar-refractivity contribution in [2.24, 2.45) is 11.7 Å². The van der Waals surface area contributed by atoms with Crippen molar-refractivity contribution in [1.29, 1.82) is 0 Å². The van der Waals surface area contributed by atoms with Crippen LogP contribution < -0.4 is 11.3 Å². The van der Waals surface area contributed by atoms with Gasteiger partial charge >= 0.3 is 0 Å². The molecule has 0 aliphatic heterocycles. The molecule has 3 N–H and O–H groups in total. The van der Waals surface area contributed by atoms with Crippen LogP contribution in [0.15, 0.2) is 29.1 Å². The number of hydrogen-bond acceptors (Lipinski definition) is 4. The van der Waals surface area contributed by atoms with Crippen molar-refractivity contribution >= 4 is 29.2 Å². The summed E-state index contributed by atoms with van der Waals surface area (Å²) in [6, 6.07) is 7.14. The first-order valence-corrected chi connectivity index (χ1v) is 7.03. The zero-order valence-corrected chi connectivity index (χ0v) is 13.5. The van der Waals surface area contributed by atoms with E-state index in [9.17, 15) is 9.59 Å². The van der Waals surface area contributed by atoms with Crippen LogP contribution in [0.25, 0.3) is 10.9 Å². The third kappa shape index (κ3) is 3.84. The molecule has 1 amide bonds. The van der Waals surface area contributed by atoms with Gasteiger partial charge in [0.15, 0.2) is 0 Å². The smallest absolute Gasteiger partial charge is 0.258 e. The summed E-state index contributed by atoms with van der Waals surface area (Å²) >= 11 is 0. The molecule has 2 rings (SSSR count). The summed E-state index contributed by atoms with van der Waals surface area (Å²) in [5, 5.41) is 0.547. The first-order chi connectivity index (χ1) is 10.1. The zero-order valence-electron chi connectivity index (χ0n) is 12.7. The monoisotopic (exact) mass is 324 g/mol. The molecule has 0 spiro atoms. The fourth-order valence-electron chi connectivity index (χ4n) is 2.15. The van der Waals surface area contributed by atoms with E-state index in [1.807, 2.05) is 13.0 Å². The van der Waals surface area contributed by atoms with Crippen molar-refractivity contribution in [3.8, 4) is 0 Å². The van der Waals surface area contributed by atoms with E-state index in [1.165, 1.54) is 0 Å². The van der Waals surface area contributed by atoms with Crippen LogP contribution in [-0.2, 0) is 11.3 Å². The highest BCUT2D eigenvalue weighted by atomic mass is 35.5. The molecule has 0 fully saturated rings. The Morgan fingerprint density at radius 2 is 2.09 bits per heavy atom. The second kappa shape index (κ2) is 7.91. The van der Waals surface area contributed by atoms with E-state index in [-0.39, 0.29) is 36.3 Å². The third-order valence-corrected chi connectivity index (χ3v) is 3.47. The molecule has 1 aromatic heterocycles. The number of aromatic amines is 1. The quantitative estimate of drug-likeness (QED) is 0.866. The van der Waals surface area contributed by atoms with Crippen molar-refractivity contribution in [3.63, 3.8) is 0 Å². The van der Waals surface area contributed by atoms with E-state index < -0.39 is 0 Å². The Bertz CT molecular complexity index is 701. The third-order valence-electron chi connectivity index (χ3n) is 3.47. The van der Waals surface area contributed by atoms with Crippen molar-refractivity contribution < 1.29 is 4.79 Å². The van der Waals surface area contributed by atoms with Gasteiger partial charge in [0.1, 0.15) is 5.82 Å².